The quantitative estimate of drug-likeness (QED) is 0.142. The first-order valence-electron chi connectivity index (χ1n) is 13.8. The summed E-state index contributed by atoms with van der Waals surface area (Å²) in [6, 6.07) is 18.7. The number of nitrogens with zero attached hydrogens (tertiary/aromatic N) is 2. The predicted octanol–water partition coefficient (Wildman–Crippen LogP) is 5.85. The van der Waals surface area contributed by atoms with Crippen molar-refractivity contribution in [3.8, 4) is 5.75 Å². The number of esters is 2. The number of carbonyl (C=O) groups is 3. The minimum atomic E-state index is -0.679. The third kappa shape index (κ3) is 6.56. The molecule has 3 aromatic heterocycles. The fourth-order valence-corrected chi connectivity index (χ4v) is 6.67. The number of amides is 1. The average molecular weight is 632 g/mol. The van der Waals surface area contributed by atoms with E-state index >= 15 is 0 Å². The van der Waals surface area contributed by atoms with Gasteiger partial charge in [-0.05, 0) is 49.6 Å². The van der Waals surface area contributed by atoms with Crippen molar-refractivity contribution in [2.75, 3.05) is 25.1 Å². The smallest absolute Gasteiger partial charge is 0.348 e. The van der Waals surface area contributed by atoms with Gasteiger partial charge >= 0.3 is 11.9 Å². The molecule has 44 heavy (non-hydrogen) atoms. The van der Waals surface area contributed by atoms with E-state index in [0.717, 1.165) is 28.2 Å². The molecule has 0 unspecified atom stereocenters. The molecule has 10 nitrogen and oxygen atoms in total. The van der Waals surface area contributed by atoms with Crippen molar-refractivity contribution >= 4 is 55.7 Å². The maximum absolute atomic E-state index is 13.5. The van der Waals surface area contributed by atoms with Crippen LogP contribution < -0.4 is 15.6 Å². The number of ether oxygens (including phenoxy) is 3. The third-order valence-corrected chi connectivity index (χ3v) is 9.07. The van der Waals surface area contributed by atoms with Gasteiger partial charge in [-0.15, -0.1) is 22.7 Å². The van der Waals surface area contributed by atoms with E-state index in [1.54, 1.807) is 32.9 Å². The van der Waals surface area contributed by atoms with Crippen LogP contribution in [0.4, 0.5) is 5.00 Å². The number of rotatable bonds is 11. The van der Waals surface area contributed by atoms with Crippen molar-refractivity contribution in [3.05, 3.63) is 109 Å². The second kappa shape index (κ2) is 13.7. The zero-order valence-corrected chi connectivity index (χ0v) is 25.9. The highest BCUT2D eigenvalue weighted by Crippen LogP contribution is 2.36. The van der Waals surface area contributed by atoms with Gasteiger partial charge in [-0.1, -0.05) is 48.5 Å². The Morgan fingerprint density at radius 2 is 1.57 bits per heavy atom. The van der Waals surface area contributed by atoms with E-state index < -0.39 is 17.8 Å². The number of carbonyl (C=O) groups excluding carboxylic acids is 3. The second-order valence-electron chi connectivity index (χ2n) is 9.63. The zero-order chi connectivity index (χ0) is 31.2. The molecule has 3 heterocycles. The molecule has 1 amide bonds. The van der Waals surface area contributed by atoms with Crippen molar-refractivity contribution in [2.24, 2.45) is 0 Å². The van der Waals surface area contributed by atoms with Gasteiger partial charge in [0.15, 0.2) is 0 Å². The number of para-hydroxylation sites is 1. The first kappa shape index (κ1) is 30.6. The number of nitrogens with one attached hydrogen (secondary N) is 1. The molecule has 2 aromatic carbocycles. The van der Waals surface area contributed by atoms with Crippen LogP contribution in [-0.4, -0.2) is 47.2 Å². The topological polar surface area (TPSA) is 126 Å². The molecule has 0 spiro atoms. The third-order valence-electron chi connectivity index (χ3n) is 6.69. The van der Waals surface area contributed by atoms with Crippen LogP contribution in [0.5, 0.6) is 5.75 Å². The summed E-state index contributed by atoms with van der Waals surface area (Å²) in [4.78, 5) is 58.1. The van der Waals surface area contributed by atoms with E-state index in [1.807, 2.05) is 48.5 Å². The Balaban J connectivity index is 1.37. The Labute approximate surface area is 260 Å². The molecule has 226 valence electrons. The lowest BCUT2D eigenvalue weighted by atomic mass is 10.1. The van der Waals surface area contributed by atoms with Crippen LogP contribution in [-0.2, 0) is 16.0 Å². The van der Waals surface area contributed by atoms with E-state index in [9.17, 15) is 19.2 Å². The Morgan fingerprint density at radius 3 is 2.27 bits per heavy atom. The first-order chi connectivity index (χ1) is 21.3. The number of aryl methyl sites for hydroxylation is 1. The molecule has 0 radical (unpaired) electrons. The fourth-order valence-electron chi connectivity index (χ4n) is 4.55. The number of anilines is 1. The number of thiophene rings is 2. The number of aromatic nitrogens is 2. The standard InChI is InChI=1S/C32H29N3O7S2/c1-4-40-31(38)24-20(3)26(32(39)42-16-15-41-22-13-9-6-10-14-22)44-29(24)34-27(36)25-19(2)23-28(43-25)33-18-35(30(23)37)17-21-11-7-5-8-12-21/h5-14,18H,4,15-17H2,1-3H3,(H,34,36). The maximum Gasteiger partial charge on any atom is 0.348 e. The molecule has 5 rings (SSSR count). The van der Waals surface area contributed by atoms with Crippen molar-refractivity contribution in [2.45, 2.75) is 27.3 Å². The molecule has 5 aromatic rings. The van der Waals surface area contributed by atoms with Gasteiger partial charge < -0.3 is 19.5 Å². The number of benzene rings is 2. The van der Waals surface area contributed by atoms with Gasteiger partial charge in [0, 0.05) is 0 Å². The van der Waals surface area contributed by atoms with Gasteiger partial charge in [0.1, 0.15) is 33.7 Å². The summed E-state index contributed by atoms with van der Waals surface area (Å²) < 4.78 is 17.7. The lowest BCUT2D eigenvalue weighted by molar-refractivity contribution is 0.0455. The molecular formula is C32H29N3O7S2. The summed E-state index contributed by atoms with van der Waals surface area (Å²) in [6.45, 7) is 5.52. The van der Waals surface area contributed by atoms with E-state index in [0.29, 0.717) is 33.6 Å². The summed E-state index contributed by atoms with van der Waals surface area (Å²) >= 11 is 2.00. The minimum Gasteiger partial charge on any atom is -0.490 e. The Morgan fingerprint density at radius 1 is 0.864 bits per heavy atom. The monoisotopic (exact) mass is 631 g/mol. The summed E-state index contributed by atoms with van der Waals surface area (Å²) in [5, 5.41) is 3.27. The van der Waals surface area contributed by atoms with E-state index in [1.165, 1.54) is 10.9 Å². The van der Waals surface area contributed by atoms with E-state index in [4.69, 9.17) is 14.2 Å². The van der Waals surface area contributed by atoms with Crippen molar-refractivity contribution in [1.82, 2.24) is 9.55 Å². The van der Waals surface area contributed by atoms with Gasteiger partial charge in [0.25, 0.3) is 11.5 Å². The lowest BCUT2D eigenvalue weighted by Gasteiger charge is -2.07. The van der Waals surface area contributed by atoms with Gasteiger partial charge in [0.2, 0.25) is 0 Å². The predicted molar refractivity (Wildman–Crippen MR) is 169 cm³/mol. The summed E-state index contributed by atoms with van der Waals surface area (Å²) in [5.74, 6) is -1.23. The molecule has 0 atom stereocenters. The fraction of sp³-hybridized carbons (Fsp3) is 0.219. The molecule has 0 aliphatic carbocycles. The number of hydrogen-bond donors (Lipinski definition) is 1. The van der Waals surface area contributed by atoms with Crippen LogP contribution in [0.2, 0.25) is 0 Å². The van der Waals surface area contributed by atoms with Crippen molar-refractivity contribution in [3.63, 3.8) is 0 Å². The van der Waals surface area contributed by atoms with Crippen LogP contribution in [0.1, 0.15) is 53.3 Å². The van der Waals surface area contributed by atoms with Gasteiger partial charge in [-0.3, -0.25) is 14.2 Å². The first-order valence-corrected chi connectivity index (χ1v) is 15.4. The van der Waals surface area contributed by atoms with E-state index in [2.05, 4.69) is 10.3 Å². The van der Waals surface area contributed by atoms with Crippen LogP contribution in [0.3, 0.4) is 0 Å². The van der Waals surface area contributed by atoms with Crippen LogP contribution in [0.25, 0.3) is 10.2 Å². The maximum atomic E-state index is 13.5. The van der Waals surface area contributed by atoms with Crippen LogP contribution >= 0.6 is 22.7 Å². The highest BCUT2D eigenvalue weighted by molar-refractivity contribution is 7.21. The average Bonchev–Trinajstić information content (AvgIpc) is 3.54. The van der Waals surface area contributed by atoms with Gasteiger partial charge in [-0.25, -0.2) is 14.6 Å². The summed E-state index contributed by atoms with van der Waals surface area (Å²) in [6.07, 6.45) is 1.47. The highest BCUT2D eigenvalue weighted by Gasteiger charge is 2.29. The molecule has 0 saturated heterocycles. The lowest BCUT2D eigenvalue weighted by Crippen LogP contribution is -2.21. The normalized spacial score (nSPS) is 10.9. The molecule has 1 N–H and O–H groups in total. The summed E-state index contributed by atoms with van der Waals surface area (Å²) in [5.41, 5.74) is 1.56. The highest BCUT2D eigenvalue weighted by atomic mass is 32.1. The zero-order valence-electron chi connectivity index (χ0n) is 24.2. The second-order valence-corrected chi connectivity index (χ2v) is 11.7. The molecule has 0 aliphatic rings. The SMILES string of the molecule is CCOC(=O)c1c(NC(=O)c2sc3ncn(Cc4ccccc4)c(=O)c3c2C)sc(C(=O)OCCOc2ccccc2)c1C. The molecular weight excluding hydrogens is 603 g/mol. The van der Waals surface area contributed by atoms with Crippen LogP contribution in [0, 0.1) is 13.8 Å². The molecule has 12 heteroatoms. The largest absolute Gasteiger partial charge is 0.490 e. The van der Waals surface area contributed by atoms with Crippen molar-refractivity contribution in [1.29, 1.82) is 0 Å². The molecule has 0 bridgehead atoms. The molecule has 0 fully saturated rings. The summed E-state index contributed by atoms with van der Waals surface area (Å²) in [7, 11) is 0. The Hall–Kier alpha value is -4.81. The van der Waals surface area contributed by atoms with Gasteiger partial charge in [0.05, 0.1) is 35.3 Å². The van der Waals surface area contributed by atoms with Gasteiger partial charge in [-0.2, -0.15) is 0 Å². The van der Waals surface area contributed by atoms with E-state index in [-0.39, 0.29) is 45.7 Å². The Kier molecular flexibility index (Phi) is 9.51. The molecule has 0 saturated carbocycles. The molecule has 0 aliphatic heterocycles. The minimum absolute atomic E-state index is 0.0166. The van der Waals surface area contributed by atoms with Crippen molar-refractivity contribution < 1.29 is 28.6 Å². The Bertz CT molecular complexity index is 1880. The van der Waals surface area contributed by atoms with Crippen LogP contribution in [0.15, 0.2) is 71.8 Å². The number of fused-ring (bicyclic) bond motifs is 1. The number of hydrogen-bond acceptors (Lipinski definition) is 10.